The SMILES string of the molecule is CCCOc1cccc(NCC(=O)Nc2ccc(C(=O)N(CC)c3ccccc3)cc2)c1. The van der Waals surface area contributed by atoms with Crippen molar-refractivity contribution in [2.75, 3.05) is 35.2 Å². The molecule has 2 amide bonds. The topological polar surface area (TPSA) is 70.7 Å². The van der Waals surface area contributed by atoms with Gasteiger partial charge >= 0.3 is 0 Å². The summed E-state index contributed by atoms with van der Waals surface area (Å²) < 4.78 is 5.61. The highest BCUT2D eigenvalue weighted by molar-refractivity contribution is 6.06. The third kappa shape index (κ3) is 6.35. The van der Waals surface area contributed by atoms with Gasteiger partial charge in [0.2, 0.25) is 5.91 Å². The van der Waals surface area contributed by atoms with Crippen LogP contribution in [0.2, 0.25) is 0 Å². The highest BCUT2D eigenvalue weighted by Crippen LogP contribution is 2.19. The molecule has 166 valence electrons. The molecule has 0 heterocycles. The van der Waals surface area contributed by atoms with E-state index in [9.17, 15) is 9.59 Å². The van der Waals surface area contributed by atoms with Gasteiger partial charge in [-0.1, -0.05) is 31.2 Å². The van der Waals surface area contributed by atoms with Crippen LogP contribution < -0.4 is 20.3 Å². The van der Waals surface area contributed by atoms with E-state index in [4.69, 9.17) is 4.74 Å². The Hall–Kier alpha value is -3.80. The van der Waals surface area contributed by atoms with Gasteiger partial charge in [0, 0.05) is 35.2 Å². The zero-order chi connectivity index (χ0) is 22.8. The summed E-state index contributed by atoms with van der Waals surface area (Å²) in [7, 11) is 0. The maximum absolute atomic E-state index is 12.9. The molecule has 0 spiro atoms. The zero-order valence-corrected chi connectivity index (χ0v) is 18.5. The fourth-order valence-electron chi connectivity index (χ4n) is 3.21. The van der Waals surface area contributed by atoms with E-state index in [1.54, 1.807) is 29.2 Å². The molecule has 0 aliphatic carbocycles. The Kier molecular flexibility index (Phi) is 8.26. The van der Waals surface area contributed by atoms with E-state index in [-0.39, 0.29) is 18.4 Å². The summed E-state index contributed by atoms with van der Waals surface area (Å²) in [6.07, 6.45) is 0.938. The van der Waals surface area contributed by atoms with Crippen LogP contribution in [0.5, 0.6) is 5.75 Å². The second kappa shape index (κ2) is 11.6. The van der Waals surface area contributed by atoms with Gasteiger partial charge in [-0.3, -0.25) is 9.59 Å². The van der Waals surface area contributed by atoms with Crippen LogP contribution in [0.3, 0.4) is 0 Å². The summed E-state index contributed by atoms with van der Waals surface area (Å²) >= 11 is 0. The van der Waals surface area contributed by atoms with Gasteiger partial charge in [-0.25, -0.2) is 0 Å². The number of rotatable bonds is 10. The monoisotopic (exact) mass is 431 g/mol. The fourth-order valence-corrected chi connectivity index (χ4v) is 3.21. The Morgan fingerprint density at radius 1 is 0.875 bits per heavy atom. The van der Waals surface area contributed by atoms with Crippen LogP contribution in [0.1, 0.15) is 30.6 Å². The normalized spacial score (nSPS) is 10.3. The van der Waals surface area contributed by atoms with E-state index in [1.807, 2.05) is 61.5 Å². The molecule has 6 heteroatoms. The molecule has 0 radical (unpaired) electrons. The van der Waals surface area contributed by atoms with Crippen molar-refractivity contribution < 1.29 is 14.3 Å². The van der Waals surface area contributed by atoms with E-state index in [2.05, 4.69) is 17.6 Å². The molecule has 3 aromatic rings. The quantitative estimate of drug-likeness (QED) is 0.463. The molecular weight excluding hydrogens is 402 g/mol. The van der Waals surface area contributed by atoms with Crippen molar-refractivity contribution in [3.8, 4) is 5.75 Å². The number of benzene rings is 3. The third-order valence-corrected chi connectivity index (χ3v) is 4.80. The number of anilines is 3. The largest absolute Gasteiger partial charge is 0.494 e. The average molecular weight is 432 g/mol. The summed E-state index contributed by atoms with van der Waals surface area (Å²) in [4.78, 5) is 26.9. The molecule has 6 nitrogen and oxygen atoms in total. The van der Waals surface area contributed by atoms with Crippen LogP contribution in [-0.4, -0.2) is 31.5 Å². The van der Waals surface area contributed by atoms with Crippen molar-refractivity contribution in [3.05, 3.63) is 84.4 Å². The number of para-hydroxylation sites is 1. The Bertz CT molecular complexity index is 1020. The number of hydrogen-bond acceptors (Lipinski definition) is 4. The van der Waals surface area contributed by atoms with Crippen LogP contribution in [0.4, 0.5) is 17.1 Å². The molecule has 0 aliphatic rings. The highest BCUT2D eigenvalue weighted by atomic mass is 16.5. The molecule has 3 rings (SSSR count). The van der Waals surface area contributed by atoms with Crippen molar-refractivity contribution >= 4 is 28.9 Å². The first kappa shape index (κ1) is 22.9. The van der Waals surface area contributed by atoms with Gasteiger partial charge in [-0.2, -0.15) is 0 Å². The number of carbonyl (C=O) groups is 2. The molecule has 3 aromatic carbocycles. The Labute approximate surface area is 189 Å². The van der Waals surface area contributed by atoms with Crippen LogP contribution in [0, 0.1) is 0 Å². The van der Waals surface area contributed by atoms with E-state index < -0.39 is 0 Å². The Morgan fingerprint density at radius 2 is 1.62 bits per heavy atom. The molecule has 0 aromatic heterocycles. The lowest BCUT2D eigenvalue weighted by Crippen LogP contribution is -2.30. The van der Waals surface area contributed by atoms with Gasteiger partial charge in [-0.15, -0.1) is 0 Å². The number of nitrogens with one attached hydrogen (secondary N) is 2. The van der Waals surface area contributed by atoms with Gasteiger partial charge < -0.3 is 20.3 Å². The number of carbonyl (C=O) groups excluding carboxylic acids is 2. The van der Waals surface area contributed by atoms with E-state index in [1.165, 1.54) is 0 Å². The molecule has 0 saturated heterocycles. The molecule has 0 saturated carbocycles. The van der Waals surface area contributed by atoms with Crippen molar-refractivity contribution in [2.24, 2.45) is 0 Å². The maximum Gasteiger partial charge on any atom is 0.258 e. The summed E-state index contributed by atoms with van der Waals surface area (Å²) in [5.41, 5.74) is 2.87. The number of ether oxygens (including phenoxy) is 1. The van der Waals surface area contributed by atoms with Gasteiger partial charge in [0.25, 0.3) is 5.91 Å². The van der Waals surface area contributed by atoms with Crippen molar-refractivity contribution in [1.82, 2.24) is 0 Å². The zero-order valence-electron chi connectivity index (χ0n) is 18.5. The van der Waals surface area contributed by atoms with Gasteiger partial charge in [0.05, 0.1) is 13.2 Å². The first-order valence-corrected chi connectivity index (χ1v) is 10.8. The molecule has 0 fully saturated rings. The lowest BCUT2D eigenvalue weighted by atomic mass is 10.1. The van der Waals surface area contributed by atoms with Crippen LogP contribution >= 0.6 is 0 Å². The molecule has 32 heavy (non-hydrogen) atoms. The highest BCUT2D eigenvalue weighted by Gasteiger charge is 2.16. The number of hydrogen-bond donors (Lipinski definition) is 2. The van der Waals surface area contributed by atoms with E-state index >= 15 is 0 Å². The molecule has 0 atom stereocenters. The summed E-state index contributed by atoms with van der Waals surface area (Å²) in [5.74, 6) is 0.515. The maximum atomic E-state index is 12.9. The van der Waals surface area contributed by atoms with Gasteiger partial charge in [0.15, 0.2) is 0 Å². The van der Waals surface area contributed by atoms with Crippen LogP contribution in [0.25, 0.3) is 0 Å². The first-order chi connectivity index (χ1) is 15.6. The Balaban J connectivity index is 1.55. The third-order valence-electron chi connectivity index (χ3n) is 4.80. The Morgan fingerprint density at radius 3 is 2.31 bits per heavy atom. The summed E-state index contributed by atoms with van der Waals surface area (Å²) in [6.45, 7) is 5.34. The minimum atomic E-state index is -0.177. The number of amides is 2. The smallest absolute Gasteiger partial charge is 0.258 e. The van der Waals surface area contributed by atoms with Crippen molar-refractivity contribution in [2.45, 2.75) is 20.3 Å². The van der Waals surface area contributed by atoms with Crippen LogP contribution in [0.15, 0.2) is 78.9 Å². The van der Waals surface area contributed by atoms with Crippen LogP contribution in [-0.2, 0) is 4.79 Å². The lowest BCUT2D eigenvalue weighted by molar-refractivity contribution is -0.114. The molecular formula is C26H29N3O3. The van der Waals surface area contributed by atoms with Gasteiger partial charge in [0.1, 0.15) is 5.75 Å². The second-order valence-electron chi connectivity index (χ2n) is 7.24. The summed E-state index contributed by atoms with van der Waals surface area (Å²) in [5, 5.41) is 5.94. The van der Waals surface area contributed by atoms with Crippen molar-refractivity contribution in [3.63, 3.8) is 0 Å². The average Bonchev–Trinajstić information content (AvgIpc) is 2.83. The van der Waals surface area contributed by atoms with E-state index in [0.717, 1.165) is 23.5 Å². The standard InChI is InChI=1S/C26H29N3O3/c1-3-17-32-24-12-8-9-22(18-24)27-19-25(30)28-21-15-13-20(14-16-21)26(31)29(4-2)23-10-6-5-7-11-23/h5-16,18,27H,3-4,17,19H2,1-2H3,(H,28,30). The molecule has 2 N–H and O–H groups in total. The first-order valence-electron chi connectivity index (χ1n) is 10.8. The second-order valence-corrected chi connectivity index (χ2v) is 7.24. The predicted molar refractivity (Wildman–Crippen MR) is 130 cm³/mol. The molecule has 0 aliphatic heterocycles. The van der Waals surface area contributed by atoms with E-state index in [0.29, 0.717) is 24.4 Å². The predicted octanol–water partition coefficient (Wildman–Crippen LogP) is 5.19. The summed E-state index contributed by atoms with van der Waals surface area (Å²) in [6, 6.07) is 24.0. The lowest BCUT2D eigenvalue weighted by Gasteiger charge is -2.21. The molecule has 0 unspecified atom stereocenters. The van der Waals surface area contributed by atoms with Gasteiger partial charge in [-0.05, 0) is 61.9 Å². The minimum absolute atomic E-state index is 0.0802. The molecule has 0 bridgehead atoms. The van der Waals surface area contributed by atoms with Crippen molar-refractivity contribution in [1.29, 1.82) is 0 Å². The fraction of sp³-hybridized carbons (Fsp3) is 0.231. The minimum Gasteiger partial charge on any atom is -0.494 e. The number of nitrogens with zero attached hydrogens (tertiary/aromatic N) is 1.